The third kappa shape index (κ3) is 4.30. The normalized spacial score (nSPS) is 10.4. The van der Waals surface area contributed by atoms with Crippen molar-refractivity contribution >= 4 is 5.97 Å². The molecule has 116 valence electrons. The second kappa shape index (κ2) is 7.40. The van der Waals surface area contributed by atoms with Crippen molar-refractivity contribution in [1.82, 2.24) is 9.55 Å². The first-order chi connectivity index (χ1) is 11.3. The molecule has 0 aliphatic carbocycles. The van der Waals surface area contributed by atoms with Gasteiger partial charge in [-0.2, -0.15) is 0 Å². The van der Waals surface area contributed by atoms with Crippen molar-refractivity contribution in [3.8, 4) is 0 Å². The molecule has 4 heteroatoms. The Hall–Kier alpha value is -2.88. The maximum atomic E-state index is 11.8. The van der Waals surface area contributed by atoms with Crippen LogP contribution in [0.2, 0.25) is 0 Å². The molecule has 1 aromatic heterocycles. The molecule has 0 bridgehead atoms. The van der Waals surface area contributed by atoms with Gasteiger partial charge < -0.3 is 9.30 Å². The van der Waals surface area contributed by atoms with Gasteiger partial charge in [-0.05, 0) is 17.7 Å². The molecule has 0 spiro atoms. The van der Waals surface area contributed by atoms with E-state index in [2.05, 4.69) is 17.1 Å². The number of carbonyl (C=O) groups excluding carboxylic acids is 1. The number of hydrogen-bond donors (Lipinski definition) is 0. The van der Waals surface area contributed by atoms with Crippen LogP contribution in [0.1, 0.15) is 21.6 Å². The van der Waals surface area contributed by atoms with Gasteiger partial charge >= 0.3 is 5.97 Å². The zero-order chi connectivity index (χ0) is 15.9. The molecule has 4 nitrogen and oxygen atoms in total. The Morgan fingerprint density at radius 1 is 1.00 bits per heavy atom. The van der Waals surface area contributed by atoms with Gasteiger partial charge in [0.25, 0.3) is 0 Å². The smallest absolute Gasteiger partial charge is 0.338 e. The van der Waals surface area contributed by atoms with Crippen LogP contribution >= 0.6 is 0 Å². The van der Waals surface area contributed by atoms with Crippen LogP contribution in [0.25, 0.3) is 0 Å². The minimum atomic E-state index is -0.297. The molecule has 0 N–H and O–H groups in total. The Bertz CT molecular complexity index is 751. The molecule has 1 heterocycles. The van der Waals surface area contributed by atoms with Crippen LogP contribution in [0.5, 0.6) is 0 Å². The molecular weight excluding hydrogens is 288 g/mol. The quantitative estimate of drug-likeness (QED) is 0.656. The lowest BCUT2D eigenvalue weighted by Crippen LogP contribution is -2.08. The third-order valence-electron chi connectivity index (χ3n) is 3.50. The van der Waals surface area contributed by atoms with Crippen LogP contribution in [0.15, 0.2) is 73.2 Å². The Morgan fingerprint density at radius 2 is 1.70 bits per heavy atom. The minimum Gasteiger partial charge on any atom is -0.462 e. The van der Waals surface area contributed by atoms with Gasteiger partial charge in [0.2, 0.25) is 0 Å². The number of aromatic nitrogens is 2. The Kier molecular flexibility index (Phi) is 4.84. The topological polar surface area (TPSA) is 44.1 Å². The van der Waals surface area contributed by atoms with Crippen molar-refractivity contribution in [2.24, 2.45) is 0 Å². The number of ether oxygens (including phenoxy) is 1. The van der Waals surface area contributed by atoms with Crippen LogP contribution in [-0.4, -0.2) is 22.1 Å². The second-order valence-corrected chi connectivity index (χ2v) is 5.27. The maximum absolute atomic E-state index is 11.8. The van der Waals surface area contributed by atoms with Crippen molar-refractivity contribution in [3.05, 3.63) is 90.0 Å². The van der Waals surface area contributed by atoms with Crippen molar-refractivity contribution in [2.75, 3.05) is 6.61 Å². The van der Waals surface area contributed by atoms with E-state index in [4.69, 9.17) is 4.74 Å². The van der Waals surface area contributed by atoms with Gasteiger partial charge in [0.1, 0.15) is 0 Å². The maximum Gasteiger partial charge on any atom is 0.338 e. The highest BCUT2D eigenvalue weighted by molar-refractivity contribution is 5.89. The van der Waals surface area contributed by atoms with E-state index in [-0.39, 0.29) is 5.97 Å². The van der Waals surface area contributed by atoms with Crippen LogP contribution in [-0.2, 0) is 17.7 Å². The molecule has 0 unspecified atom stereocenters. The number of benzene rings is 2. The van der Waals surface area contributed by atoms with Gasteiger partial charge in [0.05, 0.1) is 24.2 Å². The van der Waals surface area contributed by atoms with E-state index in [0.717, 1.165) is 12.2 Å². The SMILES string of the molecule is O=C(OCCc1cn(Cc2ccccc2)cn1)c1ccccc1. The summed E-state index contributed by atoms with van der Waals surface area (Å²) in [4.78, 5) is 16.2. The largest absolute Gasteiger partial charge is 0.462 e. The number of imidazole rings is 1. The van der Waals surface area contributed by atoms with Gasteiger partial charge in [-0.25, -0.2) is 9.78 Å². The molecule has 0 radical (unpaired) electrons. The molecule has 0 saturated carbocycles. The molecule has 0 aliphatic rings. The first kappa shape index (κ1) is 15.0. The number of esters is 1. The van der Waals surface area contributed by atoms with Crippen molar-refractivity contribution in [2.45, 2.75) is 13.0 Å². The molecular formula is C19H18N2O2. The fraction of sp³-hybridized carbons (Fsp3) is 0.158. The van der Waals surface area contributed by atoms with Crippen LogP contribution in [0, 0.1) is 0 Å². The number of nitrogens with zero attached hydrogens (tertiary/aromatic N) is 2. The van der Waals surface area contributed by atoms with E-state index in [1.54, 1.807) is 18.5 Å². The zero-order valence-electron chi connectivity index (χ0n) is 12.8. The van der Waals surface area contributed by atoms with Gasteiger partial charge in [0.15, 0.2) is 0 Å². The molecule has 2 aromatic carbocycles. The predicted molar refractivity (Wildman–Crippen MR) is 88.2 cm³/mol. The molecule has 0 amide bonds. The number of carbonyl (C=O) groups is 1. The molecule has 23 heavy (non-hydrogen) atoms. The van der Waals surface area contributed by atoms with Crippen molar-refractivity contribution in [1.29, 1.82) is 0 Å². The summed E-state index contributed by atoms with van der Waals surface area (Å²) in [6.07, 6.45) is 4.41. The lowest BCUT2D eigenvalue weighted by Gasteiger charge is -2.03. The average Bonchev–Trinajstić information content (AvgIpc) is 3.04. The van der Waals surface area contributed by atoms with Gasteiger partial charge in [-0.15, -0.1) is 0 Å². The van der Waals surface area contributed by atoms with Crippen LogP contribution in [0.4, 0.5) is 0 Å². The summed E-state index contributed by atoms with van der Waals surface area (Å²) in [6.45, 7) is 1.12. The van der Waals surface area contributed by atoms with Crippen LogP contribution in [0.3, 0.4) is 0 Å². The summed E-state index contributed by atoms with van der Waals surface area (Å²) in [7, 11) is 0. The highest BCUT2D eigenvalue weighted by Crippen LogP contribution is 2.06. The molecule has 3 aromatic rings. The minimum absolute atomic E-state index is 0.297. The Balaban J connectivity index is 1.49. The third-order valence-corrected chi connectivity index (χ3v) is 3.50. The first-order valence-corrected chi connectivity index (χ1v) is 7.58. The molecule has 0 atom stereocenters. The summed E-state index contributed by atoms with van der Waals surface area (Å²) >= 11 is 0. The fourth-order valence-corrected chi connectivity index (χ4v) is 2.32. The summed E-state index contributed by atoms with van der Waals surface area (Å²) in [5.41, 5.74) is 2.72. The molecule has 0 aliphatic heterocycles. The molecule has 0 saturated heterocycles. The zero-order valence-corrected chi connectivity index (χ0v) is 12.8. The molecule has 3 rings (SSSR count). The highest BCUT2D eigenvalue weighted by Gasteiger charge is 2.06. The Labute approximate surface area is 135 Å². The predicted octanol–water partition coefficient (Wildman–Crippen LogP) is 3.33. The first-order valence-electron chi connectivity index (χ1n) is 7.58. The fourth-order valence-electron chi connectivity index (χ4n) is 2.32. The summed E-state index contributed by atoms with van der Waals surface area (Å²) in [5, 5.41) is 0. The van der Waals surface area contributed by atoms with Crippen LogP contribution < -0.4 is 0 Å². The van der Waals surface area contributed by atoms with Gasteiger partial charge in [-0.1, -0.05) is 48.5 Å². The van der Waals surface area contributed by atoms with E-state index in [0.29, 0.717) is 18.6 Å². The second-order valence-electron chi connectivity index (χ2n) is 5.27. The average molecular weight is 306 g/mol. The Morgan fingerprint density at radius 3 is 2.43 bits per heavy atom. The summed E-state index contributed by atoms with van der Waals surface area (Å²) < 4.78 is 7.30. The monoisotopic (exact) mass is 306 g/mol. The van der Waals surface area contributed by atoms with E-state index in [9.17, 15) is 4.79 Å². The van der Waals surface area contributed by atoms with E-state index in [1.807, 2.05) is 47.2 Å². The standard InChI is InChI=1S/C19H18N2O2/c22-19(17-9-5-2-6-10-17)23-12-11-18-14-21(15-20-18)13-16-7-3-1-4-8-16/h1-10,14-15H,11-13H2. The molecule has 0 fully saturated rings. The lowest BCUT2D eigenvalue weighted by atomic mass is 10.2. The van der Waals surface area contributed by atoms with Gasteiger partial charge in [0, 0.05) is 19.2 Å². The highest BCUT2D eigenvalue weighted by atomic mass is 16.5. The lowest BCUT2D eigenvalue weighted by molar-refractivity contribution is 0.0508. The van der Waals surface area contributed by atoms with Crippen molar-refractivity contribution < 1.29 is 9.53 Å². The summed E-state index contributed by atoms with van der Waals surface area (Å²) in [6, 6.07) is 19.2. The summed E-state index contributed by atoms with van der Waals surface area (Å²) in [5.74, 6) is -0.297. The van der Waals surface area contributed by atoms with E-state index in [1.165, 1.54) is 5.56 Å². The number of hydrogen-bond acceptors (Lipinski definition) is 3. The van der Waals surface area contributed by atoms with E-state index >= 15 is 0 Å². The number of rotatable bonds is 6. The van der Waals surface area contributed by atoms with Crippen molar-refractivity contribution in [3.63, 3.8) is 0 Å². The van der Waals surface area contributed by atoms with Gasteiger partial charge in [-0.3, -0.25) is 0 Å². The van der Waals surface area contributed by atoms with E-state index < -0.39 is 0 Å².